The normalized spacial score (nSPS) is 12.4. The summed E-state index contributed by atoms with van der Waals surface area (Å²) in [7, 11) is 0. The van der Waals surface area contributed by atoms with E-state index < -0.39 is 12.2 Å². The third-order valence-electron chi connectivity index (χ3n) is 5.77. The van der Waals surface area contributed by atoms with Gasteiger partial charge in [0.15, 0.2) is 0 Å². The van der Waals surface area contributed by atoms with Crippen LogP contribution in [0.2, 0.25) is 0 Å². The molecule has 0 bridgehead atoms. The second kappa shape index (κ2) is 13.9. The van der Waals surface area contributed by atoms with E-state index >= 15 is 0 Å². The van der Waals surface area contributed by atoms with Crippen molar-refractivity contribution < 1.29 is 19.7 Å². The fourth-order valence-corrected chi connectivity index (χ4v) is 3.72. The van der Waals surface area contributed by atoms with E-state index in [0.29, 0.717) is 13.1 Å². The Hall–Kier alpha value is -4.00. The highest BCUT2D eigenvalue weighted by molar-refractivity contribution is 5.47. The smallest absolute Gasteiger partial charge is 0.119 e. The topological polar surface area (TPSA) is 83.0 Å². The zero-order chi connectivity index (χ0) is 25.7. The lowest BCUT2D eigenvalue weighted by atomic mass is 10.0. The van der Waals surface area contributed by atoms with E-state index in [0.717, 1.165) is 29.3 Å². The van der Waals surface area contributed by atoms with Crippen LogP contribution in [0.25, 0.3) is 0 Å². The molecule has 0 radical (unpaired) electrons. The summed E-state index contributed by atoms with van der Waals surface area (Å²) >= 11 is 0. The van der Waals surface area contributed by atoms with Crippen molar-refractivity contribution in [3.05, 3.63) is 120 Å². The summed E-state index contributed by atoms with van der Waals surface area (Å²) in [6.45, 7) is 1.29. The number of nitrogens with one attached hydrogen (secondary N) is 2. The Bertz CT molecular complexity index is 1070. The largest absolute Gasteiger partial charge is 0.491 e. The van der Waals surface area contributed by atoms with Crippen molar-refractivity contribution in [2.75, 3.05) is 36.9 Å². The van der Waals surface area contributed by atoms with E-state index in [2.05, 4.69) is 34.9 Å². The zero-order valence-corrected chi connectivity index (χ0v) is 20.8. The van der Waals surface area contributed by atoms with Crippen LogP contribution < -0.4 is 20.1 Å². The summed E-state index contributed by atoms with van der Waals surface area (Å²) in [4.78, 5) is 0. The average Bonchev–Trinajstić information content (AvgIpc) is 2.95. The molecule has 0 amide bonds. The van der Waals surface area contributed by atoms with Crippen molar-refractivity contribution in [2.45, 2.75) is 18.6 Å². The quantitative estimate of drug-likeness (QED) is 0.196. The van der Waals surface area contributed by atoms with Crippen molar-refractivity contribution in [2.24, 2.45) is 0 Å². The fraction of sp³-hybridized carbons (Fsp3) is 0.226. The standard InChI is InChI=1S/C31H34N2O4/c34-28(22-36-30-7-3-1-4-8-30)20-32-26-15-11-24(12-16-26)19-25-13-17-27(18-14-25)33-21-29(35)23-37-31-9-5-2-6-10-31/h1-18,28-29,32-35H,19-23H2. The number of para-hydroxylation sites is 2. The second-order valence-corrected chi connectivity index (χ2v) is 8.89. The monoisotopic (exact) mass is 498 g/mol. The molecule has 4 N–H and O–H groups in total. The first kappa shape index (κ1) is 26.1. The minimum absolute atomic E-state index is 0.236. The average molecular weight is 499 g/mol. The van der Waals surface area contributed by atoms with Crippen LogP contribution in [0.3, 0.4) is 0 Å². The lowest BCUT2D eigenvalue weighted by Gasteiger charge is -2.15. The first-order valence-corrected chi connectivity index (χ1v) is 12.5. The number of aliphatic hydroxyl groups excluding tert-OH is 2. The van der Waals surface area contributed by atoms with Gasteiger partial charge < -0.3 is 30.3 Å². The van der Waals surface area contributed by atoms with E-state index in [1.54, 1.807) is 0 Å². The van der Waals surface area contributed by atoms with E-state index in [9.17, 15) is 10.2 Å². The van der Waals surface area contributed by atoms with Crippen molar-refractivity contribution in [1.29, 1.82) is 0 Å². The summed E-state index contributed by atoms with van der Waals surface area (Å²) in [5.74, 6) is 1.50. The van der Waals surface area contributed by atoms with Gasteiger partial charge in [-0.2, -0.15) is 0 Å². The molecule has 6 nitrogen and oxygen atoms in total. The van der Waals surface area contributed by atoms with Crippen LogP contribution >= 0.6 is 0 Å². The second-order valence-electron chi connectivity index (χ2n) is 8.89. The van der Waals surface area contributed by atoms with Gasteiger partial charge in [0.25, 0.3) is 0 Å². The molecule has 192 valence electrons. The van der Waals surface area contributed by atoms with Crippen LogP contribution in [0.4, 0.5) is 11.4 Å². The maximum atomic E-state index is 10.2. The van der Waals surface area contributed by atoms with E-state index in [1.807, 2.05) is 84.9 Å². The molecule has 4 aromatic carbocycles. The van der Waals surface area contributed by atoms with Gasteiger partial charge in [0.2, 0.25) is 0 Å². The molecule has 0 aliphatic heterocycles. The number of ether oxygens (including phenoxy) is 2. The van der Waals surface area contributed by atoms with E-state index in [1.165, 1.54) is 11.1 Å². The lowest BCUT2D eigenvalue weighted by molar-refractivity contribution is 0.117. The van der Waals surface area contributed by atoms with Crippen LogP contribution in [0, 0.1) is 0 Å². The van der Waals surface area contributed by atoms with Crippen molar-refractivity contribution in [1.82, 2.24) is 0 Å². The molecule has 0 aliphatic rings. The van der Waals surface area contributed by atoms with Gasteiger partial charge >= 0.3 is 0 Å². The summed E-state index contributed by atoms with van der Waals surface area (Å²) in [5, 5.41) is 26.9. The SMILES string of the molecule is OC(CNc1ccc(Cc2ccc(NCC(O)COc3ccccc3)cc2)cc1)COc1ccccc1. The van der Waals surface area contributed by atoms with Gasteiger partial charge in [-0.25, -0.2) is 0 Å². The first-order valence-electron chi connectivity index (χ1n) is 12.5. The Kier molecular flexibility index (Phi) is 9.81. The summed E-state index contributed by atoms with van der Waals surface area (Å²) in [6.07, 6.45) is -0.393. The fourth-order valence-electron chi connectivity index (χ4n) is 3.72. The van der Waals surface area contributed by atoms with Crippen molar-refractivity contribution >= 4 is 11.4 Å². The molecule has 37 heavy (non-hydrogen) atoms. The maximum Gasteiger partial charge on any atom is 0.119 e. The Morgan fingerprint density at radius 3 is 1.27 bits per heavy atom. The van der Waals surface area contributed by atoms with Crippen molar-refractivity contribution in [3.8, 4) is 11.5 Å². The minimum Gasteiger partial charge on any atom is -0.491 e. The van der Waals surface area contributed by atoms with Gasteiger partial charge in [-0.3, -0.25) is 0 Å². The molecule has 0 aliphatic carbocycles. The zero-order valence-electron chi connectivity index (χ0n) is 20.8. The van der Waals surface area contributed by atoms with E-state index in [-0.39, 0.29) is 13.2 Å². The lowest BCUT2D eigenvalue weighted by Crippen LogP contribution is -2.26. The Labute approximate surface area is 218 Å². The summed E-state index contributed by atoms with van der Waals surface area (Å²) < 4.78 is 11.2. The highest BCUT2D eigenvalue weighted by Gasteiger charge is 2.07. The predicted molar refractivity (Wildman–Crippen MR) is 149 cm³/mol. The number of hydrogen-bond acceptors (Lipinski definition) is 6. The summed E-state index contributed by atoms with van der Waals surface area (Å²) in [6, 6.07) is 35.4. The molecule has 4 aromatic rings. The highest BCUT2D eigenvalue weighted by Crippen LogP contribution is 2.17. The van der Waals surface area contributed by atoms with Crippen LogP contribution in [0.15, 0.2) is 109 Å². The number of rotatable bonds is 14. The molecule has 0 saturated carbocycles. The number of anilines is 2. The number of aliphatic hydroxyl groups is 2. The van der Waals surface area contributed by atoms with Gasteiger partial charge in [0.05, 0.1) is 0 Å². The number of hydrogen-bond donors (Lipinski definition) is 4. The van der Waals surface area contributed by atoms with Gasteiger partial charge in [0, 0.05) is 24.5 Å². The Morgan fingerprint density at radius 1 is 0.514 bits per heavy atom. The Morgan fingerprint density at radius 2 is 0.892 bits per heavy atom. The van der Waals surface area contributed by atoms with Gasteiger partial charge in [-0.15, -0.1) is 0 Å². The number of benzene rings is 4. The predicted octanol–water partition coefficient (Wildman–Crippen LogP) is 4.98. The third kappa shape index (κ3) is 9.18. The molecular weight excluding hydrogens is 464 g/mol. The molecule has 6 heteroatoms. The third-order valence-corrected chi connectivity index (χ3v) is 5.77. The molecule has 2 atom stereocenters. The highest BCUT2D eigenvalue weighted by atomic mass is 16.5. The Balaban J connectivity index is 1.15. The molecule has 0 spiro atoms. The minimum atomic E-state index is -0.607. The van der Waals surface area contributed by atoms with Gasteiger partial charge in [-0.05, 0) is 66.1 Å². The molecule has 0 saturated heterocycles. The molecule has 2 unspecified atom stereocenters. The first-order chi connectivity index (χ1) is 18.1. The molecule has 4 rings (SSSR count). The molecule has 0 aromatic heterocycles. The van der Waals surface area contributed by atoms with Crippen LogP contribution in [0.5, 0.6) is 11.5 Å². The molecular formula is C31H34N2O4. The van der Waals surface area contributed by atoms with Crippen LogP contribution in [0.1, 0.15) is 11.1 Å². The van der Waals surface area contributed by atoms with Crippen LogP contribution in [-0.4, -0.2) is 48.7 Å². The molecule has 0 fully saturated rings. The van der Waals surface area contributed by atoms with Gasteiger partial charge in [0.1, 0.15) is 36.9 Å². The van der Waals surface area contributed by atoms with E-state index in [4.69, 9.17) is 9.47 Å². The van der Waals surface area contributed by atoms with Gasteiger partial charge in [-0.1, -0.05) is 60.7 Å². The van der Waals surface area contributed by atoms with Crippen molar-refractivity contribution in [3.63, 3.8) is 0 Å². The van der Waals surface area contributed by atoms with Crippen LogP contribution in [-0.2, 0) is 6.42 Å². The molecule has 0 heterocycles. The maximum absolute atomic E-state index is 10.2. The summed E-state index contributed by atoms with van der Waals surface area (Å²) in [5.41, 5.74) is 4.31.